The Kier molecular flexibility index (Phi) is 6.12. The van der Waals surface area contributed by atoms with Crippen LogP contribution in [0.3, 0.4) is 0 Å². The fraction of sp³-hybridized carbons (Fsp3) is 0.750. The highest BCUT2D eigenvalue weighted by molar-refractivity contribution is 7.99. The van der Waals surface area contributed by atoms with E-state index in [9.17, 15) is 9.59 Å². The molecule has 24 heavy (non-hydrogen) atoms. The maximum Gasteiger partial charge on any atom is 0.321 e. The standard InChI is InChI=1S/C16H25N5O2S/c22-14(18-15(23)17-12-7-3-1-4-8-12)11-24-16-20-19-13-9-5-2-6-10-21(13)16/h12H,1-11H2,(H2,17,18,22,23). The lowest BCUT2D eigenvalue weighted by molar-refractivity contribution is -0.117. The summed E-state index contributed by atoms with van der Waals surface area (Å²) in [5.74, 6) is 0.890. The van der Waals surface area contributed by atoms with E-state index in [1.165, 1.54) is 24.6 Å². The quantitative estimate of drug-likeness (QED) is 0.812. The number of aryl methyl sites for hydroxylation is 1. The number of hydrogen-bond donors (Lipinski definition) is 2. The Bertz CT molecular complexity index is 583. The van der Waals surface area contributed by atoms with Gasteiger partial charge in [0.2, 0.25) is 5.91 Å². The molecule has 3 rings (SSSR count). The molecule has 132 valence electrons. The molecule has 0 saturated heterocycles. The first-order valence-corrected chi connectivity index (χ1v) is 9.86. The maximum atomic E-state index is 12.0. The molecule has 2 heterocycles. The number of carbonyl (C=O) groups is 2. The van der Waals surface area contributed by atoms with Crippen molar-refractivity contribution in [2.75, 3.05) is 5.75 Å². The Morgan fingerprint density at radius 3 is 2.71 bits per heavy atom. The molecular weight excluding hydrogens is 326 g/mol. The number of amides is 3. The molecule has 7 nitrogen and oxygen atoms in total. The van der Waals surface area contributed by atoms with Gasteiger partial charge in [0.1, 0.15) is 5.82 Å². The number of carbonyl (C=O) groups excluding carboxylic acids is 2. The lowest BCUT2D eigenvalue weighted by Gasteiger charge is -2.22. The van der Waals surface area contributed by atoms with Gasteiger partial charge in [0, 0.05) is 19.0 Å². The van der Waals surface area contributed by atoms with Crippen molar-refractivity contribution < 1.29 is 9.59 Å². The zero-order valence-electron chi connectivity index (χ0n) is 13.9. The Balaban J connectivity index is 1.44. The van der Waals surface area contributed by atoms with Crippen LogP contribution in [-0.4, -0.2) is 38.5 Å². The number of imide groups is 1. The monoisotopic (exact) mass is 351 g/mol. The number of rotatable bonds is 4. The molecule has 0 radical (unpaired) electrons. The van der Waals surface area contributed by atoms with Crippen LogP contribution >= 0.6 is 11.8 Å². The zero-order chi connectivity index (χ0) is 16.8. The lowest BCUT2D eigenvalue weighted by Crippen LogP contribution is -2.45. The van der Waals surface area contributed by atoms with Gasteiger partial charge < -0.3 is 9.88 Å². The molecule has 1 aromatic heterocycles. The fourth-order valence-corrected chi connectivity index (χ4v) is 4.11. The van der Waals surface area contributed by atoms with E-state index in [2.05, 4.69) is 25.4 Å². The SMILES string of the molecule is O=C(CSc1nnc2n1CCCCC2)NC(=O)NC1CCCCC1. The van der Waals surface area contributed by atoms with Crippen molar-refractivity contribution in [3.05, 3.63) is 5.82 Å². The highest BCUT2D eigenvalue weighted by Crippen LogP contribution is 2.21. The normalized spacial score (nSPS) is 18.5. The van der Waals surface area contributed by atoms with Gasteiger partial charge >= 0.3 is 6.03 Å². The van der Waals surface area contributed by atoms with Gasteiger partial charge in [-0.3, -0.25) is 10.1 Å². The summed E-state index contributed by atoms with van der Waals surface area (Å²) in [6.07, 6.45) is 9.94. The predicted molar refractivity (Wildman–Crippen MR) is 91.8 cm³/mol. The minimum Gasteiger partial charge on any atom is -0.335 e. The molecule has 2 aliphatic rings. The molecule has 1 aliphatic carbocycles. The van der Waals surface area contributed by atoms with E-state index in [0.717, 1.165) is 62.5 Å². The molecule has 1 aromatic rings. The third kappa shape index (κ3) is 4.72. The van der Waals surface area contributed by atoms with Crippen molar-refractivity contribution in [3.8, 4) is 0 Å². The Morgan fingerprint density at radius 2 is 1.88 bits per heavy atom. The summed E-state index contributed by atoms with van der Waals surface area (Å²) in [4.78, 5) is 23.9. The third-order valence-electron chi connectivity index (χ3n) is 4.60. The molecule has 1 aliphatic heterocycles. The number of hydrogen-bond acceptors (Lipinski definition) is 5. The molecule has 0 spiro atoms. The average Bonchev–Trinajstić information content (AvgIpc) is 2.80. The van der Waals surface area contributed by atoms with Crippen molar-refractivity contribution in [1.29, 1.82) is 0 Å². The van der Waals surface area contributed by atoms with Crippen LogP contribution in [0.4, 0.5) is 4.79 Å². The summed E-state index contributed by atoms with van der Waals surface area (Å²) in [5, 5.41) is 14.5. The number of urea groups is 1. The molecule has 2 N–H and O–H groups in total. The molecule has 1 fully saturated rings. The van der Waals surface area contributed by atoms with Crippen molar-refractivity contribution in [1.82, 2.24) is 25.4 Å². The minimum atomic E-state index is -0.382. The van der Waals surface area contributed by atoms with Crippen LogP contribution in [0.15, 0.2) is 5.16 Å². The number of fused-ring (bicyclic) bond motifs is 1. The van der Waals surface area contributed by atoms with E-state index >= 15 is 0 Å². The van der Waals surface area contributed by atoms with Crippen molar-refractivity contribution in [2.45, 2.75) is 75.5 Å². The summed E-state index contributed by atoms with van der Waals surface area (Å²) in [6, 6.07) is -0.181. The van der Waals surface area contributed by atoms with Gasteiger partial charge in [-0.2, -0.15) is 0 Å². The molecule has 8 heteroatoms. The molecular formula is C16H25N5O2S. The molecule has 0 atom stereocenters. The average molecular weight is 351 g/mol. The summed E-state index contributed by atoms with van der Waals surface area (Å²) in [7, 11) is 0. The topological polar surface area (TPSA) is 88.9 Å². The van der Waals surface area contributed by atoms with Crippen LogP contribution in [0.25, 0.3) is 0 Å². The fourth-order valence-electron chi connectivity index (χ4n) is 3.33. The second kappa shape index (κ2) is 8.50. The molecule has 0 unspecified atom stereocenters. The summed E-state index contributed by atoms with van der Waals surface area (Å²) < 4.78 is 2.10. The Labute approximate surface area is 146 Å². The summed E-state index contributed by atoms with van der Waals surface area (Å²) in [5.41, 5.74) is 0. The summed E-state index contributed by atoms with van der Waals surface area (Å²) in [6.45, 7) is 0.911. The summed E-state index contributed by atoms with van der Waals surface area (Å²) >= 11 is 1.34. The Morgan fingerprint density at radius 1 is 1.08 bits per heavy atom. The number of nitrogens with one attached hydrogen (secondary N) is 2. The van der Waals surface area contributed by atoms with Crippen LogP contribution in [0, 0.1) is 0 Å². The highest BCUT2D eigenvalue weighted by atomic mass is 32.2. The molecule has 1 saturated carbocycles. The second-order valence-electron chi connectivity index (χ2n) is 6.51. The number of nitrogens with zero attached hydrogens (tertiary/aromatic N) is 3. The Hall–Kier alpha value is -1.57. The van der Waals surface area contributed by atoms with E-state index in [-0.39, 0.29) is 23.7 Å². The van der Waals surface area contributed by atoms with Gasteiger partial charge in [0.05, 0.1) is 5.75 Å². The van der Waals surface area contributed by atoms with Crippen LogP contribution in [0.5, 0.6) is 0 Å². The molecule has 0 bridgehead atoms. The first-order valence-electron chi connectivity index (χ1n) is 8.87. The van der Waals surface area contributed by atoms with Gasteiger partial charge in [-0.15, -0.1) is 10.2 Å². The zero-order valence-corrected chi connectivity index (χ0v) is 14.7. The van der Waals surface area contributed by atoms with Crippen molar-refractivity contribution >= 4 is 23.7 Å². The van der Waals surface area contributed by atoms with Gasteiger partial charge in [-0.25, -0.2) is 4.79 Å². The van der Waals surface area contributed by atoms with Crippen molar-refractivity contribution in [2.24, 2.45) is 0 Å². The second-order valence-corrected chi connectivity index (χ2v) is 7.45. The third-order valence-corrected chi connectivity index (χ3v) is 5.57. The predicted octanol–water partition coefficient (Wildman–Crippen LogP) is 2.26. The largest absolute Gasteiger partial charge is 0.335 e. The van der Waals surface area contributed by atoms with Crippen LogP contribution in [0.1, 0.15) is 57.2 Å². The van der Waals surface area contributed by atoms with Crippen LogP contribution in [-0.2, 0) is 17.8 Å². The minimum absolute atomic E-state index is 0.177. The smallest absolute Gasteiger partial charge is 0.321 e. The van der Waals surface area contributed by atoms with E-state index < -0.39 is 0 Å². The van der Waals surface area contributed by atoms with Crippen molar-refractivity contribution in [3.63, 3.8) is 0 Å². The first-order chi connectivity index (χ1) is 11.7. The first kappa shape index (κ1) is 17.3. The van der Waals surface area contributed by atoms with Gasteiger partial charge in [-0.1, -0.05) is 37.4 Å². The van der Waals surface area contributed by atoms with Crippen LogP contribution in [0.2, 0.25) is 0 Å². The van der Waals surface area contributed by atoms with E-state index in [1.807, 2.05) is 0 Å². The van der Waals surface area contributed by atoms with E-state index in [0.29, 0.717) is 0 Å². The van der Waals surface area contributed by atoms with Gasteiger partial charge in [0.25, 0.3) is 0 Å². The van der Waals surface area contributed by atoms with E-state index in [1.54, 1.807) is 0 Å². The van der Waals surface area contributed by atoms with E-state index in [4.69, 9.17) is 0 Å². The van der Waals surface area contributed by atoms with Crippen LogP contribution < -0.4 is 10.6 Å². The van der Waals surface area contributed by atoms with Gasteiger partial charge in [-0.05, 0) is 25.7 Å². The lowest BCUT2D eigenvalue weighted by atomic mass is 9.96. The van der Waals surface area contributed by atoms with Gasteiger partial charge in [0.15, 0.2) is 5.16 Å². The molecule has 0 aromatic carbocycles. The number of aromatic nitrogens is 3. The maximum absolute atomic E-state index is 12.0. The molecule has 3 amide bonds. The highest BCUT2D eigenvalue weighted by Gasteiger charge is 2.19. The number of thioether (sulfide) groups is 1.